The van der Waals surface area contributed by atoms with Crippen LogP contribution < -0.4 is 5.32 Å². The monoisotopic (exact) mass is 325 g/mol. The number of non-ortho nitro benzene ring substituents is 1. The van der Waals surface area contributed by atoms with Gasteiger partial charge in [0.15, 0.2) is 0 Å². The number of nitro groups is 1. The molecule has 2 fully saturated rings. The third kappa shape index (κ3) is 2.47. The van der Waals surface area contributed by atoms with Gasteiger partial charge in [-0.25, -0.2) is 0 Å². The maximum Gasteiger partial charge on any atom is 0.271 e. The van der Waals surface area contributed by atoms with Gasteiger partial charge in [-0.3, -0.25) is 15.0 Å². The summed E-state index contributed by atoms with van der Waals surface area (Å²) in [4.78, 5) is 13.0. The Morgan fingerprint density at radius 1 is 1.37 bits per heavy atom. The lowest BCUT2D eigenvalue weighted by Gasteiger charge is -2.22. The fraction of sp³-hybridized carbons (Fsp3) is 0.538. The summed E-state index contributed by atoms with van der Waals surface area (Å²) in [7, 11) is 0. The summed E-state index contributed by atoms with van der Waals surface area (Å²) < 4.78 is 0.884. The lowest BCUT2D eigenvalue weighted by atomic mass is 10.1. The lowest BCUT2D eigenvalue weighted by molar-refractivity contribution is -0.384. The SMILES string of the molecule is O=[N+]([O-])c1ccc(Br)c(NC2CCN3CCCC23)c1. The third-order valence-corrected chi connectivity index (χ3v) is 4.80. The van der Waals surface area contributed by atoms with Crippen LogP contribution in [0.2, 0.25) is 0 Å². The number of rotatable bonds is 3. The first-order valence-corrected chi connectivity index (χ1v) is 7.39. The zero-order valence-electron chi connectivity index (χ0n) is 10.5. The Morgan fingerprint density at radius 3 is 3.00 bits per heavy atom. The van der Waals surface area contributed by atoms with E-state index in [1.54, 1.807) is 12.1 Å². The molecule has 0 aromatic heterocycles. The molecule has 2 aliphatic rings. The third-order valence-electron chi connectivity index (χ3n) is 4.11. The summed E-state index contributed by atoms with van der Waals surface area (Å²) in [5, 5.41) is 14.3. The van der Waals surface area contributed by atoms with Crippen LogP contribution >= 0.6 is 15.9 Å². The van der Waals surface area contributed by atoms with E-state index in [1.165, 1.54) is 25.5 Å². The van der Waals surface area contributed by atoms with Crippen LogP contribution in [0.4, 0.5) is 11.4 Å². The predicted molar refractivity (Wildman–Crippen MR) is 77.4 cm³/mol. The van der Waals surface area contributed by atoms with E-state index >= 15 is 0 Å². The van der Waals surface area contributed by atoms with Crippen LogP contribution in [0, 0.1) is 10.1 Å². The van der Waals surface area contributed by atoms with Gasteiger partial charge in [0.1, 0.15) is 0 Å². The van der Waals surface area contributed by atoms with E-state index < -0.39 is 0 Å². The number of nitro benzene ring substituents is 1. The molecule has 2 unspecified atom stereocenters. The van der Waals surface area contributed by atoms with Gasteiger partial charge in [0.25, 0.3) is 5.69 Å². The zero-order valence-corrected chi connectivity index (χ0v) is 12.1. The average molecular weight is 326 g/mol. The van der Waals surface area contributed by atoms with Crippen LogP contribution in [0.3, 0.4) is 0 Å². The molecule has 2 saturated heterocycles. The Kier molecular flexibility index (Phi) is 3.45. The Labute approximate surface area is 120 Å². The Bertz CT molecular complexity index is 509. The van der Waals surface area contributed by atoms with E-state index in [4.69, 9.17) is 0 Å². The molecular formula is C13H16BrN3O2. The van der Waals surface area contributed by atoms with E-state index in [9.17, 15) is 10.1 Å². The molecule has 0 amide bonds. The van der Waals surface area contributed by atoms with Gasteiger partial charge in [0.05, 0.1) is 10.6 Å². The Morgan fingerprint density at radius 2 is 2.21 bits per heavy atom. The lowest BCUT2D eigenvalue weighted by Crippen LogP contribution is -2.33. The smallest absolute Gasteiger partial charge is 0.271 e. The number of halogens is 1. The average Bonchev–Trinajstić information content (AvgIpc) is 2.96. The van der Waals surface area contributed by atoms with Gasteiger partial charge < -0.3 is 5.32 Å². The normalized spacial score (nSPS) is 26.4. The van der Waals surface area contributed by atoms with Gasteiger partial charge in [-0.2, -0.15) is 0 Å². The van der Waals surface area contributed by atoms with Crippen molar-refractivity contribution in [2.45, 2.75) is 31.3 Å². The number of nitrogens with zero attached hydrogens (tertiary/aromatic N) is 2. The highest BCUT2D eigenvalue weighted by Gasteiger charge is 2.37. The van der Waals surface area contributed by atoms with Crippen molar-refractivity contribution in [3.05, 3.63) is 32.8 Å². The largest absolute Gasteiger partial charge is 0.380 e. The fourth-order valence-electron chi connectivity index (χ4n) is 3.19. The molecule has 2 aliphatic heterocycles. The second-order valence-electron chi connectivity index (χ2n) is 5.21. The summed E-state index contributed by atoms with van der Waals surface area (Å²) in [5.74, 6) is 0. The molecule has 2 atom stereocenters. The number of anilines is 1. The van der Waals surface area contributed by atoms with Crippen molar-refractivity contribution in [1.29, 1.82) is 0 Å². The second-order valence-corrected chi connectivity index (χ2v) is 6.06. The maximum atomic E-state index is 10.8. The quantitative estimate of drug-likeness (QED) is 0.685. The molecule has 1 aromatic carbocycles. The first-order valence-electron chi connectivity index (χ1n) is 6.59. The number of nitrogens with one attached hydrogen (secondary N) is 1. The van der Waals surface area contributed by atoms with Crippen molar-refractivity contribution >= 4 is 27.3 Å². The molecule has 6 heteroatoms. The molecule has 2 heterocycles. The first-order chi connectivity index (χ1) is 9.15. The van der Waals surface area contributed by atoms with Crippen LogP contribution in [0.5, 0.6) is 0 Å². The minimum absolute atomic E-state index is 0.131. The van der Waals surface area contributed by atoms with Gasteiger partial charge in [0.2, 0.25) is 0 Å². The highest BCUT2D eigenvalue weighted by molar-refractivity contribution is 9.10. The highest BCUT2D eigenvalue weighted by Crippen LogP contribution is 2.33. The Hall–Kier alpha value is -1.14. The van der Waals surface area contributed by atoms with Crippen molar-refractivity contribution in [1.82, 2.24) is 4.90 Å². The number of hydrogen-bond donors (Lipinski definition) is 1. The molecule has 0 bridgehead atoms. The molecular weight excluding hydrogens is 310 g/mol. The molecule has 1 N–H and O–H groups in total. The molecule has 0 spiro atoms. The van der Waals surface area contributed by atoms with E-state index in [0.29, 0.717) is 12.1 Å². The van der Waals surface area contributed by atoms with E-state index in [0.717, 1.165) is 23.1 Å². The number of fused-ring (bicyclic) bond motifs is 1. The van der Waals surface area contributed by atoms with E-state index in [1.807, 2.05) is 0 Å². The minimum Gasteiger partial charge on any atom is -0.380 e. The van der Waals surface area contributed by atoms with Crippen molar-refractivity contribution in [3.63, 3.8) is 0 Å². The van der Waals surface area contributed by atoms with Gasteiger partial charge in [-0.05, 0) is 47.8 Å². The van der Waals surface area contributed by atoms with Crippen LogP contribution in [0.1, 0.15) is 19.3 Å². The summed E-state index contributed by atoms with van der Waals surface area (Å²) >= 11 is 3.46. The van der Waals surface area contributed by atoms with Gasteiger partial charge in [0, 0.05) is 35.2 Å². The molecule has 1 aromatic rings. The summed E-state index contributed by atoms with van der Waals surface area (Å²) in [5.41, 5.74) is 0.958. The topological polar surface area (TPSA) is 58.4 Å². The standard InChI is InChI=1S/C13H16BrN3O2/c14-10-4-3-9(17(18)19)8-12(10)15-11-5-7-16-6-1-2-13(11)16/h3-4,8,11,13,15H,1-2,5-7H2. The number of hydrogen-bond acceptors (Lipinski definition) is 4. The van der Waals surface area contributed by atoms with Crippen molar-refractivity contribution in [2.75, 3.05) is 18.4 Å². The molecule has 3 rings (SSSR count). The minimum atomic E-state index is -0.353. The second kappa shape index (κ2) is 5.09. The van der Waals surface area contributed by atoms with Crippen molar-refractivity contribution in [3.8, 4) is 0 Å². The number of benzene rings is 1. The van der Waals surface area contributed by atoms with E-state index in [2.05, 4.69) is 26.1 Å². The maximum absolute atomic E-state index is 10.8. The summed E-state index contributed by atoms with van der Waals surface area (Å²) in [6.45, 7) is 2.33. The molecule has 0 aliphatic carbocycles. The molecule has 19 heavy (non-hydrogen) atoms. The van der Waals surface area contributed by atoms with Crippen LogP contribution in [-0.2, 0) is 0 Å². The molecule has 5 nitrogen and oxygen atoms in total. The highest BCUT2D eigenvalue weighted by atomic mass is 79.9. The zero-order chi connectivity index (χ0) is 13.4. The Balaban J connectivity index is 1.79. The van der Waals surface area contributed by atoms with E-state index in [-0.39, 0.29) is 10.6 Å². The van der Waals surface area contributed by atoms with Crippen molar-refractivity contribution in [2.24, 2.45) is 0 Å². The molecule has 0 saturated carbocycles. The van der Waals surface area contributed by atoms with Crippen LogP contribution in [0.25, 0.3) is 0 Å². The predicted octanol–water partition coefficient (Wildman–Crippen LogP) is 3.01. The summed E-state index contributed by atoms with van der Waals surface area (Å²) in [6.07, 6.45) is 3.60. The first kappa shape index (κ1) is 12.9. The fourth-order valence-corrected chi connectivity index (χ4v) is 3.55. The van der Waals surface area contributed by atoms with Crippen LogP contribution in [-0.4, -0.2) is 35.0 Å². The van der Waals surface area contributed by atoms with Crippen LogP contribution in [0.15, 0.2) is 22.7 Å². The van der Waals surface area contributed by atoms with Gasteiger partial charge in [-0.15, -0.1) is 0 Å². The van der Waals surface area contributed by atoms with Gasteiger partial charge >= 0.3 is 0 Å². The molecule has 102 valence electrons. The van der Waals surface area contributed by atoms with Crippen molar-refractivity contribution < 1.29 is 4.92 Å². The molecule has 0 radical (unpaired) electrons. The van der Waals surface area contributed by atoms with Gasteiger partial charge in [-0.1, -0.05) is 0 Å². The summed E-state index contributed by atoms with van der Waals surface area (Å²) in [6, 6.07) is 5.86.